The van der Waals surface area contributed by atoms with Crippen molar-refractivity contribution in [2.24, 2.45) is 0 Å². The lowest BCUT2D eigenvalue weighted by molar-refractivity contribution is 0.123. The van der Waals surface area contributed by atoms with Crippen LogP contribution in [0.2, 0.25) is 0 Å². The van der Waals surface area contributed by atoms with E-state index in [4.69, 9.17) is 4.74 Å². The van der Waals surface area contributed by atoms with Gasteiger partial charge in [-0.25, -0.2) is 0 Å². The summed E-state index contributed by atoms with van der Waals surface area (Å²) in [4.78, 5) is 6.88. The van der Waals surface area contributed by atoms with Gasteiger partial charge in [0.25, 0.3) is 0 Å². The van der Waals surface area contributed by atoms with Gasteiger partial charge in [-0.15, -0.1) is 5.10 Å². The Morgan fingerprint density at radius 1 is 0.964 bits per heavy atom. The number of nitrogens with zero attached hydrogens (tertiary/aromatic N) is 4. The van der Waals surface area contributed by atoms with E-state index in [1.54, 1.807) is 6.20 Å². The first-order valence-corrected chi connectivity index (χ1v) is 9.42. The molecular weight excluding hydrogens is 352 g/mol. The normalized spacial score (nSPS) is 14.0. The summed E-state index contributed by atoms with van der Waals surface area (Å²) in [5, 5.41) is 14.9. The highest BCUT2D eigenvalue weighted by Gasteiger charge is 2.15. The molecule has 144 valence electrons. The lowest BCUT2D eigenvalue weighted by Gasteiger charge is -2.30. The Kier molecular flexibility index (Phi) is 5.34. The van der Waals surface area contributed by atoms with Gasteiger partial charge in [-0.3, -0.25) is 0 Å². The molecule has 3 aromatic rings. The first kappa shape index (κ1) is 18.2. The van der Waals surface area contributed by atoms with Crippen LogP contribution in [0.15, 0.2) is 48.7 Å². The highest BCUT2D eigenvalue weighted by Crippen LogP contribution is 2.28. The third-order valence-electron chi connectivity index (χ3n) is 4.71. The van der Waals surface area contributed by atoms with Crippen LogP contribution in [-0.2, 0) is 4.74 Å². The van der Waals surface area contributed by atoms with Crippen molar-refractivity contribution in [2.75, 3.05) is 41.8 Å². The number of anilines is 5. The molecule has 0 aliphatic carbocycles. The third-order valence-corrected chi connectivity index (χ3v) is 4.71. The second-order valence-electron chi connectivity index (χ2n) is 6.85. The van der Waals surface area contributed by atoms with E-state index >= 15 is 0 Å². The van der Waals surface area contributed by atoms with Gasteiger partial charge < -0.3 is 20.3 Å². The van der Waals surface area contributed by atoms with Gasteiger partial charge in [0.05, 0.1) is 30.8 Å². The molecule has 7 heteroatoms. The number of para-hydroxylation sites is 2. The summed E-state index contributed by atoms with van der Waals surface area (Å²) in [6, 6.07) is 14.4. The highest BCUT2D eigenvalue weighted by atomic mass is 16.5. The van der Waals surface area contributed by atoms with Crippen molar-refractivity contribution in [1.82, 2.24) is 15.2 Å². The molecule has 7 nitrogen and oxygen atoms in total. The standard InChI is InChI=1S/C21H24N6O/c1-15-7-8-17(16(2)13-15)23-20-14-22-26-21(25-20)24-18-5-3-4-6-19(18)27-9-11-28-12-10-27/h3-8,13-14H,9-12H2,1-2H3,(H2,23,24,25,26). The first-order chi connectivity index (χ1) is 13.7. The number of nitrogens with one attached hydrogen (secondary N) is 2. The van der Waals surface area contributed by atoms with E-state index in [1.807, 2.05) is 24.3 Å². The van der Waals surface area contributed by atoms with Gasteiger partial charge in [-0.1, -0.05) is 29.8 Å². The van der Waals surface area contributed by atoms with E-state index in [-0.39, 0.29) is 0 Å². The monoisotopic (exact) mass is 376 g/mol. The molecule has 1 aromatic heterocycles. The molecule has 0 saturated carbocycles. The predicted molar refractivity (Wildman–Crippen MR) is 112 cm³/mol. The molecule has 2 N–H and O–H groups in total. The summed E-state index contributed by atoms with van der Waals surface area (Å²) in [5.41, 5.74) is 5.46. The van der Waals surface area contributed by atoms with Crippen LogP contribution < -0.4 is 15.5 Å². The number of rotatable bonds is 5. The molecule has 2 aromatic carbocycles. The van der Waals surface area contributed by atoms with Crippen LogP contribution in [0.25, 0.3) is 0 Å². The third kappa shape index (κ3) is 4.20. The largest absolute Gasteiger partial charge is 0.378 e. The van der Waals surface area contributed by atoms with Crippen molar-refractivity contribution < 1.29 is 4.74 Å². The van der Waals surface area contributed by atoms with E-state index in [9.17, 15) is 0 Å². The van der Waals surface area contributed by atoms with Crippen molar-refractivity contribution in [3.8, 4) is 0 Å². The quantitative estimate of drug-likeness (QED) is 0.701. The molecular formula is C21H24N6O. The molecule has 0 atom stereocenters. The van der Waals surface area contributed by atoms with Gasteiger partial charge in [0.1, 0.15) is 0 Å². The summed E-state index contributed by atoms with van der Waals surface area (Å²) < 4.78 is 5.46. The van der Waals surface area contributed by atoms with Crippen LogP contribution in [0.4, 0.5) is 28.8 Å². The minimum Gasteiger partial charge on any atom is -0.378 e. The topological polar surface area (TPSA) is 75.2 Å². The van der Waals surface area contributed by atoms with Gasteiger partial charge in [-0.05, 0) is 37.6 Å². The van der Waals surface area contributed by atoms with E-state index in [2.05, 4.69) is 62.8 Å². The lowest BCUT2D eigenvalue weighted by atomic mass is 10.1. The summed E-state index contributed by atoms with van der Waals surface area (Å²) in [7, 11) is 0. The second kappa shape index (κ2) is 8.22. The highest BCUT2D eigenvalue weighted by molar-refractivity contribution is 5.74. The summed E-state index contributed by atoms with van der Waals surface area (Å²) in [6.45, 7) is 7.36. The zero-order valence-electron chi connectivity index (χ0n) is 16.1. The molecule has 4 rings (SSSR count). The Hall–Kier alpha value is -3.19. The fourth-order valence-electron chi connectivity index (χ4n) is 3.29. The van der Waals surface area contributed by atoms with Crippen LogP contribution in [0.1, 0.15) is 11.1 Å². The maximum atomic E-state index is 5.46. The molecule has 0 unspecified atom stereocenters. The van der Waals surface area contributed by atoms with E-state index in [0.717, 1.165) is 48.9 Å². The summed E-state index contributed by atoms with van der Waals surface area (Å²) in [5.74, 6) is 1.10. The van der Waals surface area contributed by atoms with Crippen molar-refractivity contribution in [1.29, 1.82) is 0 Å². The first-order valence-electron chi connectivity index (χ1n) is 9.42. The minimum atomic E-state index is 0.454. The summed E-state index contributed by atoms with van der Waals surface area (Å²) in [6.07, 6.45) is 1.62. The molecule has 1 saturated heterocycles. The van der Waals surface area contributed by atoms with Crippen LogP contribution in [0, 0.1) is 13.8 Å². The number of ether oxygens (including phenoxy) is 1. The van der Waals surface area contributed by atoms with Crippen LogP contribution >= 0.6 is 0 Å². The zero-order chi connectivity index (χ0) is 19.3. The van der Waals surface area contributed by atoms with Gasteiger partial charge in [0.15, 0.2) is 5.82 Å². The zero-order valence-corrected chi connectivity index (χ0v) is 16.1. The van der Waals surface area contributed by atoms with Crippen LogP contribution in [0.5, 0.6) is 0 Å². The van der Waals surface area contributed by atoms with E-state index in [1.165, 1.54) is 5.56 Å². The Bertz CT molecular complexity index is 955. The van der Waals surface area contributed by atoms with Crippen molar-refractivity contribution >= 4 is 28.8 Å². The predicted octanol–water partition coefficient (Wildman–Crippen LogP) is 3.81. The fourth-order valence-corrected chi connectivity index (χ4v) is 3.29. The second-order valence-corrected chi connectivity index (χ2v) is 6.85. The average Bonchev–Trinajstić information content (AvgIpc) is 2.72. The smallest absolute Gasteiger partial charge is 0.249 e. The Balaban J connectivity index is 1.54. The Morgan fingerprint density at radius 2 is 1.79 bits per heavy atom. The minimum absolute atomic E-state index is 0.454. The Labute approximate surface area is 164 Å². The number of benzene rings is 2. The maximum Gasteiger partial charge on any atom is 0.249 e. The number of aromatic nitrogens is 3. The molecule has 1 aliphatic rings. The maximum absolute atomic E-state index is 5.46. The van der Waals surface area contributed by atoms with E-state index in [0.29, 0.717) is 11.8 Å². The molecule has 0 radical (unpaired) electrons. The molecule has 0 spiro atoms. The molecule has 1 aliphatic heterocycles. The van der Waals surface area contributed by atoms with Crippen LogP contribution in [-0.4, -0.2) is 41.5 Å². The number of hydrogen-bond acceptors (Lipinski definition) is 7. The number of morpholine rings is 1. The summed E-state index contributed by atoms with van der Waals surface area (Å²) >= 11 is 0. The van der Waals surface area contributed by atoms with Gasteiger partial charge in [0.2, 0.25) is 5.95 Å². The molecule has 2 heterocycles. The van der Waals surface area contributed by atoms with Crippen molar-refractivity contribution in [3.63, 3.8) is 0 Å². The van der Waals surface area contributed by atoms with Crippen LogP contribution in [0.3, 0.4) is 0 Å². The molecule has 1 fully saturated rings. The number of hydrogen-bond donors (Lipinski definition) is 2. The SMILES string of the molecule is Cc1ccc(Nc2cnnc(Nc3ccccc3N3CCOCC3)n2)c(C)c1. The van der Waals surface area contributed by atoms with E-state index < -0.39 is 0 Å². The lowest BCUT2D eigenvalue weighted by Crippen LogP contribution is -2.36. The molecule has 0 amide bonds. The van der Waals surface area contributed by atoms with Crippen molar-refractivity contribution in [2.45, 2.75) is 13.8 Å². The van der Waals surface area contributed by atoms with Gasteiger partial charge in [0, 0.05) is 18.8 Å². The molecule has 0 bridgehead atoms. The molecule has 28 heavy (non-hydrogen) atoms. The Morgan fingerprint density at radius 3 is 2.61 bits per heavy atom. The van der Waals surface area contributed by atoms with Gasteiger partial charge >= 0.3 is 0 Å². The fraction of sp³-hybridized carbons (Fsp3) is 0.286. The number of aryl methyl sites for hydroxylation is 2. The average molecular weight is 376 g/mol. The van der Waals surface area contributed by atoms with Crippen molar-refractivity contribution in [3.05, 3.63) is 59.8 Å². The van der Waals surface area contributed by atoms with Gasteiger partial charge in [-0.2, -0.15) is 10.1 Å².